The quantitative estimate of drug-likeness (QED) is 0.299. The third-order valence-corrected chi connectivity index (χ3v) is 7.38. The molecule has 0 saturated carbocycles. The number of nitrogens with one attached hydrogen (secondary N) is 1. The SMILES string of the molecule is Cn1c(Nc2nc3ccc(OC(F)(F)F)cc3s2)nc2cc(C(=O)CCCN3CCC(O)CC3)ccc21. The number of alkyl halides is 3. The minimum absolute atomic E-state index is 0.0576. The third-order valence-electron chi connectivity index (χ3n) is 6.45. The number of hydrogen-bond acceptors (Lipinski definition) is 8. The highest BCUT2D eigenvalue weighted by molar-refractivity contribution is 7.22. The van der Waals surface area contributed by atoms with E-state index in [1.165, 1.54) is 29.5 Å². The highest BCUT2D eigenvalue weighted by Crippen LogP contribution is 2.33. The molecular formula is C25H26F3N5O3S. The average Bonchev–Trinajstić information content (AvgIpc) is 3.38. The Bertz CT molecular complexity index is 1430. The van der Waals surface area contributed by atoms with Crippen molar-refractivity contribution in [3.8, 4) is 5.75 Å². The van der Waals surface area contributed by atoms with Crippen LogP contribution in [0.15, 0.2) is 36.4 Å². The normalized spacial score (nSPS) is 15.5. The summed E-state index contributed by atoms with van der Waals surface area (Å²) in [7, 11) is 1.83. The molecule has 1 aliphatic heterocycles. The summed E-state index contributed by atoms with van der Waals surface area (Å²) in [5.74, 6) is 0.254. The number of halogens is 3. The number of aryl methyl sites for hydroxylation is 1. The zero-order valence-electron chi connectivity index (χ0n) is 20.1. The Morgan fingerprint density at radius 3 is 2.70 bits per heavy atom. The van der Waals surface area contributed by atoms with Crippen molar-refractivity contribution in [1.82, 2.24) is 19.4 Å². The van der Waals surface area contributed by atoms with Crippen molar-refractivity contribution < 1.29 is 27.8 Å². The van der Waals surface area contributed by atoms with Crippen LogP contribution in [0.3, 0.4) is 0 Å². The number of imidazole rings is 1. The van der Waals surface area contributed by atoms with Crippen LogP contribution >= 0.6 is 11.3 Å². The van der Waals surface area contributed by atoms with Gasteiger partial charge in [-0.2, -0.15) is 0 Å². The van der Waals surface area contributed by atoms with Crippen LogP contribution in [-0.4, -0.2) is 62.4 Å². The van der Waals surface area contributed by atoms with E-state index in [9.17, 15) is 23.1 Å². The largest absolute Gasteiger partial charge is 0.573 e. The summed E-state index contributed by atoms with van der Waals surface area (Å²) in [6, 6.07) is 9.43. The van der Waals surface area contributed by atoms with E-state index in [4.69, 9.17) is 0 Å². The van der Waals surface area contributed by atoms with Crippen LogP contribution in [0.4, 0.5) is 24.3 Å². The highest BCUT2D eigenvalue weighted by Gasteiger charge is 2.31. The predicted octanol–water partition coefficient (Wildman–Crippen LogP) is 5.24. The Hall–Kier alpha value is -3.22. The monoisotopic (exact) mass is 533 g/mol. The lowest BCUT2D eigenvalue weighted by Gasteiger charge is -2.29. The van der Waals surface area contributed by atoms with Gasteiger partial charge >= 0.3 is 6.36 Å². The predicted molar refractivity (Wildman–Crippen MR) is 136 cm³/mol. The molecule has 1 fully saturated rings. The first-order valence-electron chi connectivity index (χ1n) is 12.0. The maximum Gasteiger partial charge on any atom is 0.573 e. The van der Waals surface area contributed by atoms with Gasteiger partial charge in [0.1, 0.15) is 5.75 Å². The number of carbonyl (C=O) groups is 1. The van der Waals surface area contributed by atoms with Crippen molar-refractivity contribution in [2.24, 2.45) is 7.05 Å². The molecule has 0 bridgehead atoms. The lowest BCUT2D eigenvalue weighted by atomic mass is 10.0. The van der Waals surface area contributed by atoms with Crippen LogP contribution in [-0.2, 0) is 7.05 Å². The smallest absolute Gasteiger partial charge is 0.406 e. The highest BCUT2D eigenvalue weighted by atomic mass is 32.1. The molecule has 0 atom stereocenters. The molecule has 196 valence electrons. The zero-order valence-corrected chi connectivity index (χ0v) is 20.9. The molecule has 0 amide bonds. The molecular weight excluding hydrogens is 507 g/mol. The number of hydrogen-bond donors (Lipinski definition) is 2. The average molecular weight is 534 g/mol. The lowest BCUT2D eigenvalue weighted by molar-refractivity contribution is -0.274. The molecule has 3 heterocycles. The second-order valence-corrected chi connectivity index (χ2v) is 10.1. The van der Waals surface area contributed by atoms with Crippen molar-refractivity contribution in [3.05, 3.63) is 42.0 Å². The molecule has 12 heteroatoms. The second kappa shape index (κ2) is 10.3. The van der Waals surface area contributed by atoms with Crippen LogP contribution in [0, 0.1) is 0 Å². The number of anilines is 2. The summed E-state index contributed by atoms with van der Waals surface area (Å²) >= 11 is 1.18. The first kappa shape index (κ1) is 25.4. The van der Waals surface area contributed by atoms with Gasteiger partial charge in [0, 0.05) is 38.2 Å². The third kappa shape index (κ3) is 6.03. The topological polar surface area (TPSA) is 92.5 Å². The number of carbonyl (C=O) groups excluding carboxylic acids is 1. The first-order chi connectivity index (χ1) is 17.6. The molecule has 2 aromatic heterocycles. The number of piperidine rings is 1. The van der Waals surface area contributed by atoms with E-state index < -0.39 is 6.36 Å². The number of rotatable bonds is 8. The van der Waals surface area contributed by atoms with Crippen LogP contribution < -0.4 is 10.1 Å². The Labute approximate surface area is 214 Å². The van der Waals surface area contributed by atoms with Crippen LogP contribution in [0.5, 0.6) is 5.75 Å². The van der Waals surface area contributed by atoms with Gasteiger partial charge in [0.15, 0.2) is 10.9 Å². The van der Waals surface area contributed by atoms with Gasteiger partial charge in [-0.15, -0.1) is 13.2 Å². The molecule has 1 aliphatic rings. The summed E-state index contributed by atoms with van der Waals surface area (Å²) in [6.07, 6.45) is -2.20. The number of aromatic nitrogens is 3. The molecule has 37 heavy (non-hydrogen) atoms. The number of ether oxygens (including phenoxy) is 1. The maximum absolute atomic E-state index is 12.8. The number of ketones is 1. The van der Waals surface area contributed by atoms with E-state index in [0.717, 1.165) is 44.4 Å². The van der Waals surface area contributed by atoms with Gasteiger partial charge in [-0.25, -0.2) is 9.97 Å². The van der Waals surface area contributed by atoms with Gasteiger partial charge < -0.3 is 24.6 Å². The fraction of sp³-hybridized carbons (Fsp3) is 0.400. The number of benzene rings is 2. The van der Waals surface area contributed by atoms with Gasteiger partial charge in [-0.05, 0) is 56.1 Å². The fourth-order valence-electron chi connectivity index (χ4n) is 4.49. The molecule has 0 aliphatic carbocycles. The van der Waals surface area contributed by atoms with E-state index >= 15 is 0 Å². The standard InChI is InChI=1S/C25H26F3N5O3S/c1-32-20-7-4-15(21(35)3-2-10-33-11-8-16(34)9-12-33)13-19(20)29-23(32)31-24-30-18-6-5-17(14-22(18)37-24)36-25(26,27)28/h4-7,13-14,16,34H,2-3,8-12H2,1H3,(H,29,30,31). The minimum Gasteiger partial charge on any atom is -0.406 e. The van der Waals surface area contributed by atoms with Gasteiger partial charge in [0.05, 0.1) is 27.4 Å². The molecule has 0 unspecified atom stereocenters. The van der Waals surface area contributed by atoms with Crippen molar-refractivity contribution in [1.29, 1.82) is 0 Å². The van der Waals surface area contributed by atoms with Gasteiger partial charge in [0.25, 0.3) is 0 Å². The lowest BCUT2D eigenvalue weighted by Crippen LogP contribution is -2.36. The molecule has 8 nitrogen and oxygen atoms in total. The van der Waals surface area contributed by atoms with Gasteiger partial charge in [-0.1, -0.05) is 11.3 Å². The van der Waals surface area contributed by atoms with Crippen molar-refractivity contribution in [2.75, 3.05) is 25.0 Å². The summed E-state index contributed by atoms with van der Waals surface area (Å²) in [5.41, 5.74) is 2.62. The Morgan fingerprint density at radius 2 is 1.95 bits per heavy atom. The number of thiazole rings is 1. The van der Waals surface area contributed by atoms with E-state index in [1.54, 1.807) is 12.1 Å². The number of nitrogens with zero attached hydrogens (tertiary/aromatic N) is 4. The Kier molecular flexibility index (Phi) is 7.06. The van der Waals surface area contributed by atoms with Crippen LogP contribution in [0.25, 0.3) is 21.3 Å². The van der Waals surface area contributed by atoms with Crippen molar-refractivity contribution in [2.45, 2.75) is 38.1 Å². The fourth-order valence-corrected chi connectivity index (χ4v) is 5.37. The molecule has 0 radical (unpaired) electrons. The van der Waals surface area contributed by atoms with Crippen LogP contribution in [0.1, 0.15) is 36.0 Å². The van der Waals surface area contributed by atoms with E-state index in [-0.39, 0.29) is 17.6 Å². The first-order valence-corrected chi connectivity index (χ1v) is 12.8. The number of Topliss-reactive ketones (excluding diaryl/α,β-unsaturated/α-hetero) is 1. The molecule has 2 aromatic carbocycles. The second-order valence-electron chi connectivity index (χ2n) is 9.12. The number of fused-ring (bicyclic) bond motifs is 2. The molecule has 5 rings (SSSR count). The van der Waals surface area contributed by atoms with Crippen molar-refractivity contribution in [3.63, 3.8) is 0 Å². The summed E-state index contributed by atoms with van der Waals surface area (Å²) in [6.45, 7) is 2.56. The molecule has 4 aromatic rings. The molecule has 0 spiro atoms. The Balaban J connectivity index is 1.26. The number of aliphatic hydroxyl groups is 1. The van der Waals surface area contributed by atoms with Gasteiger partial charge in [0.2, 0.25) is 5.95 Å². The summed E-state index contributed by atoms with van der Waals surface area (Å²) in [5, 5.41) is 13.2. The minimum atomic E-state index is -4.76. The summed E-state index contributed by atoms with van der Waals surface area (Å²) in [4.78, 5) is 24.1. The molecule has 1 saturated heterocycles. The molecule has 2 N–H and O–H groups in total. The zero-order chi connectivity index (χ0) is 26.2. The van der Waals surface area contributed by atoms with Gasteiger partial charge in [-0.3, -0.25) is 4.79 Å². The summed E-state index contributed by atoms with van der Waals surface area (Å²) < 4.78 is 43.9. The van der Waals surface area contributed by atoms with E-state index in [1.807, 2.05) is 17.7 Å². The number of aliphatic hydroxyl groups excluding tert-OH is 1. The van der Waals surface area contributed by atoms with Crippen LogP contribution in [0.2, 0.25) is 0 Å². The maximum atomic E-state index is 12.8. The Morgan fingerprint density at radius 1 is 1.16 bits per heavy atom. The van der Waals surface area contributed by atoms with E-state index in [0.29, 0.717) is 38.8 Å². The van der Waals surface area contributed by atoms with E-state index in [2.05, 4.69) is 24.9 Å². The van der Waals surface area contributed by atoms with Crippen molar-refractivity contribution >= 4 is 49.4 Å². The number of likely N-dealkylation sites (tertiary alicyclic amines) is 1.